The summed E-state index contributed by atoms with van der Waals surface area (Å²) in [5, 5.41) is 0.830. The highest BCUT2D eigenvalue weighted by Crippen LogP contribution is 2.27. The Kier molecular flexibility index (Phi) is 2.99. The molecule has 2 aliphatic rings. The number of benzene rings is 2. The van der Waals surface area contributed by atoms with Crippen LogP contribution in [0, 0.1) is 0 Å². The van der Waals surface area contributed by atoms with E-state index in [0.29, 0.717) is 16.9 Å². The van der Waals surface area contributed by atoms with Crippen LogP contribution in [-0.2, 0) is 4.79 Å². The van der Waals surface area contributed by atoms with Crippen LogP contribution in [0.2, 0.25) is 0 Å². The summed E-state index contributed by atoms with van der Waals surface area (Å²) >= 11 is 0. The summed E-state index contributed by atoms with van der Waals surface area (Å²) in [5.74, 6) is 0.0824. The number of para-hydroxylation sites is 1. The number of carbonyl (C=O) groups is 1. The third-order valence-corrected chi connectivity index (χ3v) is 3.07. The number of carbonyl (C=O) groups excluding carboxylic acids is 1. The lowest BCUT2D eigenvalue weighted by Gasteiger charge is -2.08. The van der Waals surface area contributed by atoms with Crippen LogP contribution in [0.25, 0.3) is 22.3 Å². The molecule has 0 unspecified atom stereocenters. The summed E-state index contributed by atoms with van der Waals surface area (Å²) in [6.45, 7) is 1.68. The predicted molar refractivity (Wildman–Crippen MR) is 75.0 cm³/mol. The second-order valence-electron chi connectivity index (χ2n) is 4.42. The Morgan fingerprint density at radius 1 is 1.20 bits per heavy atom. The van der Waals surface area contributed by atoms with Gasteiger partial charge in [-0.15, -0.1) is 0 Å². The predicted octanol–water partition coefficient (Wildman–Crippen LogP) is 3.21. The van der Waals surface area contributed by atoms with Gasteiger partial charge in [-0.3, -0.25) is 9.59 Å². The molecule has 100 valence electrons. The minimum atomic E-state index is -0.431. The number of hydrogen-bond donors (Lipinski definition) is 0. The number of esters is 1. The molecule has 0 saturated carbocycles. The van der Waals surface area contributed by atoms with Gasteiger partial charge >= 0.3 is 5.97 Å². The average Bonchev–Trinajstić information content (AvgIpc) is 2.48. The molecule has 0 amide bonds. The molecule has 1 heterocycles. The van der Waals surface area contributed by atoms with Gasteiger partial charge in [0.1, 0.15) is 11.3 Å². The third kappa shape index (κ3) is 2.05. The number of fused-ring (bicyclic) bond motifs is 2. The fourth-order valence-corrected chi connectivity index (χ4v) is 2.03. The maximum absolute atomic E-state index is 12.3. The summed E-state index contributed by atoms with van der Waals surface area (Å²) in [7, 11) is 0. The first kappa shape index (κ1) is 12.4. The molecule has 0 aromatic heterocycles. The van der Waals surface area contributed by atoms with Crippen molar-refractivity contribution >= 4 is 16.9 Å². The molecule has 0 N–H and O–H groups in total. The molecule has 3 rings (SSSR count). The van der Waals surface area contributed by atoms with Crippen molar-refractivity contribution in [3.63, 3.8) is 0 Å². The molecule has 1 aliphatic carbocycles. The molecular weight excluding hydrogens is 256 g/mol. The van der Waals surface area contributed by atoms with E-state index >= 15 is 0 Å². The Hall–Kier alpha value is -2.62. The van der Waals surface area contributed by atoms with Crippen molar-refractivity contribution in [2.45, 2.75) is 13.3 Å². The Morgan fingerprint density at radius 2 is 2.00 bits per heavy atom. The van der Waals surface area contributed by atoms with E-state index in [1.165, 1.54) is 6.07 Å². The Morgan fingerprint density at radius 3 is 2.80 bits per heavy atom. The second kappa shape index (κ2) is 4.81. The quantitative estimate of drug-likeness (QED) is 0.407. The van der Waals surface area contributed by atoms with E-state index in [-0.39, 0.29) is 17.6 Å². The maximum Gasteiger partial charge on any atom is 0.311 e. The maximum atomic E-state index is 12.3. The van der Waals surface area contributed by atoms with Crippen LogP contribution in [0.5, 0.6) is 5.75 Å². The van der Waals surface area contributed by atoms with Crippen LogP contribution in [0.1, 0.15) is 13.3 Å². The van der Waals surface area contributed by atoms with Gasteiger partial charge in [0.05, 0.1) is 5.56 Å². The SMILES string of the molecule is CCC(=O)Oc1ccc2oc3ccccc3cc-2c1=O. The van der Waals surface area contributed by atoms with Crippen molar-refractivity contribution in [3.05, 3.63) is 52.7 Å². The smallest absolute Gasteiger partial charge is 0.311 e. The fourth-order valence-electron chi connectivity index (χ4n) is 2.03. The average molecular weight is 268 g/mol. The van der Waals surface area contributed by atoms with Gasteiger partial charge in [-0.2, -0.15) is 0 Å². The minimum absolute atomic E-state index is 0.0369. The molecule has 4 nitrogen and oxygen atoms in total. The van der Waals surface area contributed by atoms with E-state index in [4.69, 9.17) is 9.15 Å². The molecule has 0 spiro atoms. The standard InChI is InChI=1S/C16H12O4/c1-2-15(17)20-14-8-7-13-11(16(14)18)9-10-5-3-4-6-12(10)19-13/h3-9H,2H2,1H3. The summed E-state index contributed by atoms with van der Waals surface area (Å²) in [4.78, 5) is 23.6. The largest absolute Gasteiger partial charge is 0.456 e. The molecule has 1 aromatic rings. The van der Waals surface area contributed by atoms with Crippen LogP contribution in [0.3, 0.4) is 0 Å². The number of rotatable bonds is 2. The number of ether oxygens (including phenoxy) is 1. The van der Waals surface area contributed by atoms with Crippen molar-refractivity contribution in [3.8, 4) is 17.1 Å². The van der Waals surface area contributed by atoms with Crippen molar-refractivity contribution in [2.24, 2.45) is 0 Å². The van der Waals surface area contributed by atoms with Crippen LogP contribution >= 0.6 is 0 Å². The summed E-state index contributed by atoms with van der Waals surface area (Å²) in [5.41, 5.74) is 0.779. The monoisotopic (exact) mass is 268 g/mol. The molecule has 20 heavy (non-hydrogen) atoms. The van der Waals surface area contributed by atoms with Crippen molar-refractivity contribution in [2.75, 3.05) is 0 Å². The lowest BCUT2D eigenvalue weighted by Crippen LogP contribution is -2.15. The minimum Gasteiger partial charge on any atom is -0.456 e. The lowest BCUT2D eigenvalue weighted by atomic mass is 10.1. The zero-order valence-corrected chi connectivity index (χ0v) is 10.9. The summed E-state index contributed by atoms with van der Waals surface area (Å²) in [6, 6.07) is 12.3. The Bertz CT molecular complexity index is 816. The first-order chi connectivity index (χ1) is 9.69. The molecule has 0 saturated heterocycles. The molecular formula is C16H12O4. The molecule has 0 atom stereocenters. The molecule has 4 heteroatoms. The van der Waals surface area contributed by atoms with E-state index in [0.717, 1.165) is 5.39 Å². The van der Waals surface area contributed by atoms with Crippen LogP contribution in [0.15, 0.2) is 51.7 Å². The van der Waals surface area contributed by atoms with Crippen molar-refractivity contribution in [1.29, 1.82) is 0 Å². The first-order valence-electron chi connectivity index (χ1n) is 6.35. The van der Waals surface area contributed by atoms with E-state index in [1.807, 2.05) is 24.3 Å². The third-order valence-electron chi connectivity index (χ3n) is 3.07. The van der Waals surface area contributed by atoms with Crippen LogP contribution < -0.4 is 10.2 Å². The van der Waals surface area contributed by atoms with Gasteiger partial charge in [-0.25, -0.2) is 0 Å². The molecule has 0 bridgehead atoms. The van der Waals surface area contributed by atoms with E-state index in [9.17, 15) is 9.59 Å². The van der Waals surface area contributed by atoms with Gasteiger partial charge in [-0.1, -0.05) is 25.1 Å². The summed E-state index contributed by atoms with van der Waals surface area (Å²) in [6.07, 6.45) is 0.222. The zero-order valence-electron chi connectivity index (χ0n) is 10.9. The molecule has 1 aliphatic heterocycles. The van der Waals surface area contributed by atoms with Gasteiger partial charge < -0.3 is 9.15 Å². The Labute approximate surface area is 114 Å². The highest BCUT2D eigenvalue weighted by atomic mass is 16.5. The molecule has 1 aromatic carbocycles. The van der Waals surface area contributed by atoms with Gasteiger partial charge in [0.2, 0.25) is 5.43 Å². The van der Waals surface area contributed by atoms with Crippen LogP contribution in [-0.4, -0.2) is 5.97 Å². The number of hydrogen-bond acceptors (Lipinski definition) is 4. The van der Waals surface area contributed by atoms with Gasteiger partial charge in [0, 0.05) is 11.8 Å². The van der Waals surface area contributed by atoms with E-state index in [2.05, 4.69) is 0 Å². The Balaban J connectivity index is 2.21. The topological polar surface area (TPSA) is 56.5 Å². The zero-order chi connectivity index (χ0) is 14.1. The second-order valence-corrected chi connectivity index (χ2v) is 4.42. The van der Waals surface area contributed by atoms with E-state index < -0.39 is 5.97 Å². The lowest BCUT2D eigenvalue weighted by molar-refractivity contribution is -0.134. The highest BCUT2D eigenvalue weighted by Gasteiger charge is 2.16. The van der Waals surface area contributed by atoms with Crippen molar-refractivity contribution in [1.82, 2.24) is 0 Å². The van der Waals surface area contributed by atoms with Gasteiger partial charge in [-0.05, 0) is 24.3 Å². The van der Waals surface area contributed by atoms with Gasteiger partial charge in [0.25, 0.3) is 0 Å². The normalized spacial score (nSPS) is 10.8. The van der Waals surface area contributed by atoms with Crippen LogP contribution in [0.4, 0.5) is 0 Å². The molecule has 0 fully saturated rings. The first-order valence-corrected chi connectivity index (χ1v) is 6.35. The summed E-state index contributed by atoms with van der Waals surface area (Å²) < 4.78 is 10.7. The van der Waals surface area contributed by atoms with Gasteiger partial charge in [0.15, 0.2) is 5.75 Å². The molecule has 0 radical (unpaired) electrons. The fraction of sp³-hybridized carbons (Fsp3) is 0.125. The van der Waals surface area contributed by atoms with E-state index in [1.54, 1.807) is 19.1 Å². The highest BCUT2D eigenvalue weighted by molar-refractivity contribution is 5.83. The van der Waals surface area contributed by atoms with Crippen molar-refractivity contribution < 1.29 is 13.9 Å².